The van der Waals surface area contributed by atoms with Crippen molar-refractivity contribution >= 4 is 44.4 Å². The van der Waals surface area contributed by atoms with Gasteiger partial charge in [-0.2, -0.15) is 13.2 Å². The van der Waals surface area contributed by atoms with Crippen LogP contribution in [0.5, 0.6) is 5.75 Å². The van der Waals surface area contributed by atoms with Gasteiger partial charge in [0.1, 0.15) is 5.58 Å². The second-order valence-corrected chi connectivity index (χ2v) is 12.4. The summed E-state index contributed by atoms with van der Waals surface area (Å²) in [5.41, 5.74) is -0.806. The molecule has 234 valence electrons. The minimum Gasteiger partial charge on any atom is -0.422 e. The van der Waals surface area contributed by atoms with Crippen LogP contribution in [0, 0.1) is 5.82 Å². The molecule has 2 heterocycles. The third kappa shape index (κ3) is 8.37. The predicted octanol–water partition coefficient (Wildman–Crippen LogP) is 4.34. The summed E-state index contributed by atoms with van der Waals surface area (Å²) in [5.74, 6) is -2.36. The van der Waals surface area contributed by atoms with Gasteiger partial charge in [0.2, 0.25) is 10.0 Å². The van der Waals surface area contributed by atoms with Crippen molar-refractivity contribution in [1.29, 1.82) is 0 Å². The van der Waals surface area contributed by atoms with Gasteiger partial charge in [-0.05, 0) is 23.3 Å². The summed E-state index contributed by atoms with van der Waals surface area (Å²) in [5, 5.41) is 3.72. The Labute approximate surface area is 249 Å². The Hall–Kier alpha value is -3.40. The minimum absolute atomic E-state index is 0.0339. The van der Waals surface area contributed by atoms with E-state index in [-0.39, 0.29) is 40.4 Å². The number of carbonyl (C=O) groups is 1. The number of sulfonamides is 1. The number of rotatable bonds is 9. The fourth-order valence-corrected chi connectivity index (χ4v) is 5.77. The summed E-state index contributed by atoms with van der Waals surface area (Å²) in [7, 11) is -1.56. The molecule has 16 heteroatoms. The topological polar surface area (TPSA) is 121 Å². The van der Waals surface area contributed by atoms with Gasteiger partial charge in [-0.15, -0.1) is 0 Å². The summed E-state index contributed by atoms with van der Waals surface area (Å²) >= 11 is 6.45. The second-order valence-electron chi connectivity index (χ2n) is 10.2. The van der Waals surface area contributed by atoms with E-state index in [1.807, 2.05) is 4.72 Å². The molecule has 2 N–H and O–H groups in total. The molecule has 0 aliphatic carbocycles. The van der Waals surface area contributed by atoms with Crippen LogP contribution in [0.2, 0.25) is 5.02 Å². The lowest BCUT2D eigenvalue weighted by Crippen LogP contribution is -2.43. The van der Waals surface area contributed by atoms with Crippen LogP contribution >= 0.6 is 11.6 Å². The summed E-state index contributed by atoms with van der Waals surface area (Å²) in [6, 6.07) is 6.53. The second kappa shape index (κ2) is 13.1. The lowest BCUT2D eigenvalue weighted by atomic mass is 9.97. The lowest BCUT2D eigenvalue weighted by molar-refractivity contribution is -0.129. The van der Waals surface area contributed by atoms with Gasteiger partial charge < -0.3 is 19.4 Å². The van der Waals surface area contributed by atoms with Gasteiger partial charge in [0.15, 0.2) is 11.6 Å². The molecule has 3 aromatic rings. The Kier molecular flexibility index (Phi) is 9.89. The van der Waals surface area contributed by atoms with Crippen LogP contribution in [0.25, 0.3) is 11.0 Å². The number of ether oxygens (including phenoxy) is 1. The highest BCUT2D eigenvalue weighted by atomic mass is 35.5. The molecule has 0 atom stereocenters. The molecule has 0 radical (unpaired) electrons. The number of anilines is 1. The monoisotopic (exact) mass is 648 g/mol. The summed E-state index contributed by atoms with van der Waals surface area (Å²) in [4.78, 5) is 28.7. The molecule has 0 saturated carbocycles. The number of halogens is 5. The number of hydrogen-bond donors (Lipinski definition) is 2. The Bertz CT molecular complexity index is 1670. The predicted molar refractivity (Wildman–Crippen MR) is 153 cm³/mol. The van der Waals surface area contributed by atoms with Crippen LogP contribution in [-0.4, -0.2) is 76.5 Å². The van der Waals surface area contributed by atoms with E-state index >= 15 is 4.39 Å². The highest BCUT2D eigenvalue weighted by Gasteiger charge is 2.30. The van der Waals surface area contributed by atoms with E-state index in [2.05, 4.69) is 10.2 Å². The zero-order valence-corrected chi connectivity index (χ0v) is 24.8. The molecule has 1 amide bonds. The largest absolute Gasteiger partial charge is 0.422 e. The smallest absolute Gasteiger partial charge is 0.414 e. The number of amides is 1. The number of nitrogens with one attached hydrogen (secondary N) is 2. The van der Waals surface area contributed by atoms with Crippen molar-refractivity contribution < 1.29 is 39.9 Å². The Morgan fingerprint density at radius 2 is 1.88 bits per heavy atom. The molecule has 0 bridgehead atoms. The van der Waals surface area contributed by atoms with Crippen LogP contribution < -0.4 is 20.4 Å². The number of carbonyl (C=O) groups excluding carboxylic acids is 1. The first kappa shape index (κ1) is 32.5. The Morgan fingerprint density at radius 1 is 1.19 bits per heavy atom. The average molecular weight is 649 g/mol. The lowest BCUT2D eigenvalue weighted by Gasteiger charge is -2.28. The summed E-state index contributed by atoms with van der Waals surface area (Å²) in [6.07, 6.45) is -7.34. The Morgan fingerprint density at radius 3 is 2.53 bits per heavy atom. The molecule has 43 heavy (non-hydrogen) atoms. The standard InChI is InChI=1S/C27H29ClF4N4O6S/c1-35(2)26(38)42-23-14-22-17(13-20(23)28)19(15-36-9-7-33-8-10-36)18(25(37)41-22)12-16-4-3-5-21(24(16)29)34-43(39,40)11-6-27(30,31)32/h3-5,13-14,33-34H,6-12,15H2,1-2H3. The molecule has 4 rings (SSSR count). The number of hydrogen-bond acceptors (Lipinski definition) is 8. The summed E-state index contributed by atoms with van der Waals surface area (Å²) < 4.78 is 90.3. The molecule has 0 spiro atoms. The molecule has 0 unspecified atom stereocenters. The van der Waals surface area contributed by atoms with E-state index in [4.69, 9.17) is 20.8 Å². The third-order valence-corrected chi connectivity index (χ3v) is 8.26. The van der Waals surface area contributed by atoms with Crippen molar-refractivity contribution in [1.82, 2.24) is 15.1 Å². The Balaban J connectivity index is 1.75. The molecular weight excluding hydrogens is 620 g/mol. The van der Waals surface area contributed by atoms with E-state index in [0.717, 1.165) is 6.07 Å². The van der Waals surface area contributed by atoms with Crippen molar-refractivity contribution in [3.05, 3.63) is 68.3 Å². The SMILES string of the molecule is CN(C)C(=O)Oc1cc2oc(=O)c(Cc3cccc(NS(=O)(=O)CCC(F)(F)F)c3F)c(CN3CCNCC3)c2cc1Cl. The number of alkyl halides is 3. The molecule has 10 nitrogen and oxygen atoms in total. The maximum absolute atomic E-state index is 15.5. The van der Waals surface area contributed by atoms with Crippen molar-refractivity contribution in [2.45, 2.75) is 25.6 Å². The zero-order chi connectivity index (χ0) is 31.5. The van der Waals surface area contributed by atoms with Crippen molar-refractivity contribution in [2.24, 2.45) is 0 Å². The van der Waals surface area contributed by atoms with E-state index in [1.165, 1.54) is 43.3 Å². The van der Waals surface area contributed by atoms with E-state index in [1.54, 1.807) is 0 Å². The van der Waals surface area contributed by atoms with Crippen LogP contribution in [0.15, 0.2) is 39.5 Å². The zero-order valence-electron chi connectivity index (χ0n) is 23.2. The van der Waals surface area contributed by atoms with E-state index in [9.17, 15) is 31.2 Å². The van der Waals surface area contributed by atoms with Gasteiger partial charge in [0.25, 0.3) is 0 Å². The normalized spacial score (nSPS) is 14.6. The number of piperazine rings is 1. The molecule has 1 saturated heterocycles. The first-order valence-corrected chi connectivity index (χ1v) is 15.1. The van der Waals surface area contributed by atoms with Crippen molar-refractivity contribution in [3.8, 4) is 5.75 Å². The minimum atomic E-state index is -4.71. The van der Waals surface area contributed by atoms with E-state index < -0.39 is 51.6 Å². The van der Waals surface area contributed by atoms with Crippen LogP contribution in [0.3, 0.4) is 0 Å². The quantitative estimate of drug-likeness (QED) is 0.260. The highest BCUT2D eigenvalue weighted by molar-refractivity contribution is 7.92. The first-order chi connectivity index (χ1) is 20.1. The van der Waals surface area contributed by atoms with Crippen molar-refractivity contribution in [3.63, 3.8) is 0 Å². The maximum atomic E-state index is 15.5. The third-order valence-electron chi connectivity index (χ3n) is 6.69. The van der Waals surface area contributed by atoms with Crippen LogP contribution in [-0.2, 0) is 23.0 Å². The number of nitrogens with zero attached hydrogens (tertiary/aromatic N) is 2. The van der Waals surface area contributed by atoms with E-state index in [0.29, 0.717) is 37.1 Å². The fourth-order valence-electron chi connectivity index (χ4n) is 4.47. The average Bonchev–Trinajstić information content (AvgIpc) is 2.92. The number of benzene rings is 2. The molecular formula is C27H29ClF4N4O6S. The van der Waals surface area contributed by atoms with Gasteiger partial charge in [-0.25, -0.2) is 22.4 Å². The van der Waals surface area contributed by atoms with Gasteiger partial charge in [-0.3, -0.25) is 9.62 Å². The molecule has 2 aromatic carbocycles. The highest BCUT2D eigenvalue weighted by Crippen LogP contribution is 2.34. The molecule has 1 aliphatic rings. The van der Waals surface area contributed by atoms with Gasteiger partial charge >= 0.3 is 17.9 Å². The van der Waals surface area contributed by atoms with Gasteiger partial charge in [0.05, 0.1) is 22.9 Å². The first-order valence-electron chi connectivity index (χ1n) is 13.1. The molecule has 1 aliphatic heterocycles. The number of fused-ring (bicyclic) bond motifs is 1. The molecule has 1 aromatic heterocycles. The van der Waals surface area contributed by atoms with Crippen LogP contribution in [0.4, 0.5) is 28.0 Å². The van der Waals surface area contributed by atoms with Crippen molar-refractivity contribution in [2.75, 3.05) is 50.7 Å². The summed E-state index contributed by atoms with van der Waals surface area (Å²) in [6.45, 7) is 2.96. The maximum Gasteiger partial charge on any atom is 0.414 e. The van der Waals surface area contributed by atoms with Gasteiger partial charge in [-0.1, -0.05) is 23.7 Å². The molecule has 1 fully saturated rings. The van der Waals surface area contributed by atoms with Crippen LogP contribution in [0.1, 0.15) is 23.1 Å². The fraction of sp³-hybridized carbons (Fsp3) is 0.407. The van der Waals surface area contributed by atoms with Gasteiger partial charge in [0, 0.05) is 70.3 Å².